The fraction of sp³-hybridized carbons (Fsp3) is 0. The SMILES string of the molecule is [CH-]=C.[Cr].[Cu+]. The maximum atomic E-state index is 4.25. The Labute approximate surface area is 47.9 Å². The third-order valence-corrected chi connectivity index (χ3v) is 0. The van der Waals surface area contributed by atoms with Gasteiger partial charge in [0.2, 0.25) is 0 Å². The summed E-state index contributed by atoms with van der Waals surface area (Å²) in [5.41, 5.74) is 0. The summed E-state index contributed by atoms with van der Waals surface area (Å²) in [6.45, 7) is 7.00. The average Bonchev–Trinajstić information content (AvgIpc) is 1.00. The van der Waals surface area contributed by atoms with Gasteiger partial charge in [-0.1, -0.05) is 0 Å². The van der Waals surface area contributed by atoms with Gasteiger partial charge >= 0.3 is 17.1 Å². The second kappa shape index (κ2) is 47.1. The van der Waals surface area contributed by atoms with Crippen LogP contribution in [0, 0.1) is 6.58 Å². The summed E-state index contributed by atoms with van der Waals surface area (Å²) in [5, 5.41) is 0. The van der Waals surface area contributed by atoms with Crippen molar-refractivity contribution in [2.45, 2.75) is 0 Å². The van der Waals surface area contributed by atoms with Gasteiger partial charge in [0.1, 0.15) is 0 Å². The van der Waals surface area contributed by atoms with Gasteiger partial charge in [-0.3, -0.25) is 6.58 Å². The Morgan fingerprint density at radius 3 is 1.25 bits per heavy atom. The Balaban J connectivity index is -0.00000000500. The maximum Gasteiger partial charge on any atom is 1.00 e. The van der Waals surface area contributed by atoms with Crippen molar-refractivity contribution >= 4 is 0 Å². The molecule has 0 saturated carbocycles. The van der Waals surface area contributed by atoms with Crippen LogP contribution >= 0.6 is 0 Å². The molecule has 0 fully saturated rings. The van der Waals surface area contributed by atoms with Crippen LogP contribution in [0.4, 0.5) is 0 Å². The van der Waals surface area contributed by atoms with Crippen LogP contribution in [0.2, 0.25) is 0 Å². The molecule has 4 heavy (non-hydrogen) atoms. The quantitative estimate of drug-likeness (QED) is 0.343. The van der Waals surface area contributed by atoms with E-state index in [1.165, 1.54) is 0 Å². The fourth-order valence-corrected chi connectivity index (χ4v) is 0. The summed E-state index contributed by atoms with van der Waals surface area (Å²) in [5.74, 6) is 0. The van der Waals surface area contributed by atoms with Crippen molar-refractivity contribution in [3.63, 3.8) is 0 Å². The van der Waals surface area contributed by atoms with E-state index >= 15 is 0 Å². The van der Waals surface area contributed by atoms with Crippen molar-refractivity contribution in [3.05, 3.63) is 13.2 Å². The van der Waals surface area contributed by atoms with E-state index in [0.29, 0.717) is 0 Å². The first-order chi connectivity index (χ1) is 1.00. The average molecular weight is 143 g/mol. The largest absolute Gasteiger partial charge is 1.00 e. The fourth-order valence-electron chi connectivity index (χ4n) is 0. The third-order valence-electron chi connectivity index (χ3n) is 0. The van der Waals surface area contributed by atoms with Gasteiger partial charge in [-0.15, -0.1) is 0 Å². The molecule has 0 spiro atoms. The molecular weight excluding hydrogens is 140 g/mol. The van der Waals surface area contributed by atoms with E-state index in [9.17, 15) is 0 Å². The molecule has 0 bridgehead atoms. The van der Waals surface area contributed by atoms with E-state index in [1.54, 1.807) is 0 Å². The van der Waals surface area contributed by atoms with Gasteiger partial charge in [0.15, 0.2) is 0 Å². The molecular formula is C2H3CrCu. The molecule has 0 saturated heterocycles. The van der Waals surface area contributed by atoms with Gasteiger partial charge in [-0.2, -0.15) is 0 Å². The molecule has 0 aromatic heterocycles. The number of rotatable bonds is 0. The van der Waals surface area contributed by atoms with Crippen LogP contribution in [-0.2, 0) is 34.4 Å². The Bertz CT molecular complexity index is 6.00. The normalized spacial score (nSPS) is 1.00. The topological polar surface area (TPSA) is 0 Å². The standard InChI is InChI=1S/C2H3.Cr.Cu/c1-2;;/h1H,2H2;;/q-1;;+1. The monoisotopic (exact) mass is 142 g/mol. The molecule has 0 aliphatic rings. The first kappa shape index (κ1) is 21.5. The predicted octanol–water partition coefficient (Wildman–Crippen LogP) is 0.600. The molecule has 0 aliphatic carbocycles. The number of hydrogen-bond donors (Lipinski definition) is 0. The van der Waals surface area contributed by atoms with E-state index < -0.39 is 0 Å². The Morgan fingerprint density at radius 2 is 1.25 bits per heavy atom. The molecule has 0 aromatic carbocycles. The van der Waals surface area contributed by atoms with Gasteiger partial charge < -0.3 is 6.58 Å². The maximum absolute atomic E-state index is 4.25. The minimum atomic E-state index is 0. The molecule has 0 N–H and O–H groups in total. The third kappa shape index (κ3) is 14.3. The van der Waals surface area contributed by atoms with Crippen LogP contribution in [0.5, 0.6) is 0 Å². The molecule has 0 heterocycles. The first-order valence-electron chi connectivity index (χ1n) is 0.408. The van der Waals surface area contributed by atoms with Gasteiger partial charge in [-0.05, 0) is 0 Å². The molecule has 0 radical (unpaired) electrons. The van der Waals surface area contributed by atoms with Crippen LogP contribution in [-0.4, -0.2) is 0 Å². The van der Waals surface area contributed by atoms with Gasteiger partial charge in [0.05, 0.1) is 0 Å². The van der Waals surface area contributed by atoms with E-state index in [-0.39, 0.29) is 34.4 Å². The van der Waals surface area contributed by atoms with Gasteiger partial charge in [0.25, 0.3) is 0 Å². The van der Waals surface area contributed by atoms with Crippen LogP contribution in [0.15, 0.2) is 6.58 Å². The minimum Gasteiger partial charge on any atom is -0.521 e. The van der Waals surface area contributed by atoms with Crippen LogP contribution in [0.3, 0.4) is 0 Å². The second-order valence-corrected chi connectivity index (χ2v) is 0. The van der Waals surface area contributed by atoms with E-state index in [4.69, 9.17) is 0 Å². The summed E-state index contributed by atoms with van der Waals surface area (Å²) in [4.78, 5) is 0. The molecule has 0 rings (SSSR count). The Hall–Kier alpha value is 0.792. The molecule has 0 atom stereocenters. The molecule has 2 heteroatoms. The molecule has 0 amide bonds. The van der Waals surface area contributed by atoms with Crippen molar-refractivity contribution in [1.29, 1.82) is 0 Å². The second-order valence-electron chi connectivity index (χ2n) is 0. The van der Waals surface area contributed by atoms with E-state index in [1.807, 2.05) is 0 Å². The van der Waals surface area contributed by atoms with Gasteiger partial charge in [0, 0.05) is 17.4 Å². The Kier molecular flexibility index (Phi) is 253. The number of hydrogen-bond acceptors (Lipinski definition) is 0. The van der Waals surface area contributed by atoms with Crippen molar-refractivity contribution in [1.82, 2.24) is 0 Å². The van der Waals surface area contributed by atoms with Crippen molar-refractivity contribution in [2.24, 2.45) is 0 Å². The molecule has 0 unspecified atom stereocenters. The molecule has 0 aromatic rings. The van der Waals surface area contributed by atoms with Crippen LogP contribution < -0.4 is 0 Å². The predicted molar refractivity (Wildman–Crippen MR) is 9.93 cm³/mol. The van der Waals surface area contributed by atoms with Gasteiger partial charge in [-0.25, -0.2) is 0 Å². The van der Waals surface area contributed by atoms with Crippen molar-refractivity contribution in [3.8, 4) is 0 Å². The van der Waals surface area contributed by atoms with Crippen molar-refractivity contribution < 1.29 is 34.4 Å². The van der Waals surface area contributed by atoms with Crippen LogP contribution in [0.1, 0.15) is 0 Å². The summed E-state index contributed by atoms with van der Waals surface area (Å²) in [6, 6.07) is 0. The summed E-state index contributed by atoms with van der Waals surface area (Å²) >= 11 is 0. The smallest absolute Gasteiger partial charge is 0.521 e. The zero-order valence-electron chi connectivity index (χ0n) is 1.99. The zero-order valence-corrected chi connectivity index (χ0v) is 4.21. The van der Waals surface area contributed by atoms with Crippen molar-refractivity contribution in [2.75, 3.05) is 0 Å². The summed E-state index contributed by atoms with van der Waals surface area (Å²) in [6.07, 6.45) is 0. The van der Waals surface area contributed by atoms with E-state index in [0.717, 1.165) is 0 Å². The molecule has 28 valence electrons. The minimum absolute atomic E-state index is 0. The molecule has 0 aliphatic heterocycles. The van der Waals surface area contributed by atoms with E-state index in [2.05, 4.69) is 13.2 Å². The first-order valence-corrected chi connectivity index (χ1v) is 0.408. The summed E-state index contributed by atoms with van der Waals surface area (Å²) in [7, 11) is 0. The molecule has 0 nitrogen and oxygen atoms in total. The summed E-state index contributed by atoms with van der Waals surface area (Å²) < 4.78 is 0. The zero-order chi connectivity index (χ0) is 2.00. The Morgan fingerprint density at radius 1 is 1.25 bits per heavy atom. The van der Waals surface area contributed by atoms with Crippen LogP contribution in [0.25, 0.3) is 0 Å².